The van der Waals surface area contributed by atoms with Gasteiger partial charge in [0.1, 0.15) is 29.1 Å². The van der Waals surface area contributed by atoms with Crippen LogP contribution in [0.4, 0.5) is 0 Å². The Labute approximate surface area is 169 Å². The SMILES string of the molecule is COc1ccc2c(c1)c1nc3n(c(=O)c1n2CC(=O)NCc1ccco1)CCS3. The standard InChI is InChI=1S/C20H18N4O4S/c1-27-12-4-5-15-14(9-12)17-18(19(26)23-6-8-29-20(23)22-17)24(15)11-16(25)21-10-13-3-2-7-28-13/h2-5,7,9H,6,8,10-11H2,1H3,(H,21,25). The third-order valence-corrected chi connectivity index (χ3v) is 5.97. The molecular weight excluding hydrogens is 392 g/mol. The molecule has 3 aromatic heterocycles. The van der Waals surface area contributed by atoms with Crippen molar-refractivity contribution in [3.8, 4) is 5.75 Å². The number of nitrogens with zero attached hydrogens (tertiary/aromatic N) is 3. The van der Waals surface area contributed by atoms with E-state index < -0.39 is 0 Å². The predicted octanol–water partition coefficient (Wildman–Crippen LogP) is 2.37. The maximum Gasteiger partial charge on any atom is 0.278 e. The molecule has 1 amide bonds. The number of ether oxygens (including phenoxy) is 1. The van der Waals surface area contributed by atoms with Crippen molar-refractivity contribution >= 4 is 39.6 Å². The number of benzene rings is 1. The third-order valence-electron chi connectivity index (χ3n) is 5.02. The number of fused-ring (bicyclic) bond motifs is 4. The fourth-order valence-electron chi connectivity index (χ4n) is 3.64. The molecule has 5 rings (SSSR count). The lowest BCUT2D eigenvalue weighted by atomic mass is 10.2. The maximum absolute atomic E-state index is 13.2. The molecule has 0 atom stereocenters. The first kappa shape index (κ1) is 17.9. The summed E-state index contributed by atoms with van der Waals surface area (Å²) in [4.78, 5) is 30.6. The first-order chi connectivity index (χ1) is 14.2. The van der Waals surface area contributed by atoms with Crippen LogP contribution in [0.2, 0.25) is 0 Å². The molecule has 1 aromatic carbocycles. The second-order valence-electron chi connectivity index (χ2n) is 6.72. The molecule has 0 saturated carbocycles. The number of furan rings is 1. The number of thioether (sulfide) groups is 1. The average molecular weight is 410 g/mol. The molecule has 4 heterocycles. The molecule has 0 radical (unpaired) electrons. The van der Waals surface area contributed by atoms with E-state index in [1.165, 1.54) is 0 Å². The molecule has 9 heteroatoms. The van der Waals surface area contributed by atoms with Crippen molar-refractivity contribution in [3.63, 3.8) is 0 Å². The van der Waals surface area contributed by atoms with Gasteiger partial charge in [0.25, 0.3) is 5.56 Å². The van der Waals surface area contributed by atoms with Gasteiger partial charge in [0, 0.05) is 17.7 Å². The van der Waals surface area contributed by atoms with Crippen LogP contribution in [-0.2, 0) is 24.4 Å². The van der Waals surface area contributed by atoms with E-state index in [9.17, 15) is 9.59 Å². The molecule has 1 aliphatic heterocycles. The van der Waals surface area contributed by atoms with E-state index in [0.29, 0.717) is 40.8 Å². The monoisotopic (exact) mass is 410 g/mol. The zero-order valence-corrected chi connectivity index (χ0v) is 16.5. The number of rotatable bonds is 5. The first-order valence-electron chi connectivity index (χ1n) is 9.18. The van der Waals surface area contributed by atoms with Crippen LogP contribution in [0, 0.1) is 0 Å². The summed E-state index contributed by atoms with van der Waals surface area (Å²) < 4.78 is 14.0. The summed E-state index contributed by atoms with van der Waals surface area (Å²) in [6, 6.07) is 9.10. The van der Waals surface area contributed by atoms with Crippen molar-refractivity contribution in [2.45, 2.75) is 24.8 Å². The summed E-state index contributed by atoms with van der Waals surface area (Å²) in [6.45, 7) is 0.924. The molecule has 1 N–H and O–H groups in total. The summed E-state index contributed by atoms with van der Waals surface area (Å²) in [5.41, 5.74) is 1.69. The van der Waals surface area contributed by atoms with Gasteiger partial charge in [-0.05, 0) is 30.3 Å². The Bertz CT molecular complexity index is 1290. The van der Waals surface area contributed by atoms with Gasteiger partial charge in [0.15, 0.2) is 5.16 Å². The largest absolute Gasteiger partial charge is 0.497 e. The van der Waals surface area contributed by atoms with E-state index >= 15 is 0 Å². The van der Waals surface area contributed by atoms with Gasteiger partial charge >= 0.3 is 0 Å². The smallest absolute Gasteiger partial charge is 0.278 e. The lowest BCUT2D eigenvalue weighted by Crippen LogP contribution is -2.29. The zero-order valence-electron chi connectivity index (χ0n) is 15.7. The number of aromatic nitrogens is 3. The summed E-state index contributed by atoms with van der Waals surface area (Å²) in [7, 11) is 1.60. The van der Waals surface area contributed by atoms with Crippen molar-refractivity contribution in [2.75, 3.05) is 12.9 Å². The highest BCUT2D eigenvalue weighted by Crippen LogP contribution is 2.32. The van der Waals surface area contributed by atoms with Crippen molar-refractivity contribution in [1.29, 1.82) is 0 Å². The Kier molecular flexibility index (Phi) is 4.31. The molecule has 148 valence electrons. The molecular formula is C20H18N4O4S. The highest BCUT2D eigenvalue weighted by molar-refractivity contribution is 7.99. The summed E-state index contributed by atoms with van der Waals surface area (Å²) in [5, 5.41) is 4.35. The number of carbonyl (C=O) groups excluding carboxylic acids is 1. The minimum absolute atomic E-state index is 0.0104. The number of hydrogen-bond acceptors (Lipinski definition) is 6. The van der Waals surface area contributed by atoms with E-state index in [1.807, 2.05) is 18.2 Å². The molecule has 0 spiro atoms. The molecule has 0 aliphatic carbocycles. The van der Waals surface area contributed by atoms with Crippen LogP contribution in [0.3, 0.4) is 0 Å². The lowest BCUT2D eigenvalue weighted by Gasteiger charge is -2.09. The zero-order chi connectivity index (χ0) is 20.0. The average Bonchev–Trinajstić information content (AvgIpc) is 3.47. The maximum atomic E-state index is 13.2. The number of amides is 1. The van der Waals surface area contributed by atoms with Crippen LogP contribution in [0.15, 0.2) is 51.0 Å². The van der Waals surface area contributed by atoms with Gasteiger partial charge in [-0.25, -0.2) is 4.98 Å². The third kappa shape index (κ3) is 2.98. The van der Waals surface area contributed by atoms with Crippen molar-refractivity contribution in [3.05, 3.63) is 52.7 Å². The number of hydrogen-bond donors (Lipinski definition) is 1. The number of nitrogens with one attached hydrogen (secondary N) is 1. The lowest BCUT2D eigenvalue weighted by molar-refractivity contribution is -0.121. The molecule has 4 aromatic rings. The van der Waals surface area contributed by atoms with E-state index in [2.05, 4.69) is 5.32 Å². The number of methoxy groups -OCH3 is 1. The van der Waals surface area contributed by atoms with E-state index in [-0.39, 0.29) is 18.0 Å². The highest BCUT2D eigenvalue weighted by atomic mass is 32.2. The Morgan fingerprint density at radius 1 is 1.38 bits per heavy atom. The Morgan fingerprint density at radius 3 is 3.07 bits per heavy atom. The Morgan fingerprint density at radius 2 is 2.28 bits per heavy atom. The summed E-state index contributed by atoms with van der Waals surface area (Å²) in [6.07, 6.45) is 1.56. The van der Waals surface area contributed by atoms with Gasteiger partial charge in [-0.15, -0.1) is 0 Å². The minimum Gasteiger partial charge on any atom is -0.497 e. The van der Waals surface area contributed by atoms with Gasteiger partial charge in [-0.1, -0.05) is 11.8 Å². The second kappa shape index (κ2) is 7.00. The minimum atomic E-state index is -0.213. The van der Waals surface area contributed by atoms with Crippen LogP contribution in [0.5, 0.6) is 5.75 Å². The van der Waals surface area contributed by atoms with Gasteiger partial charge in [-0.3, -0.25) is 14.2 Å². The van der Waals surface area contributed by atoms with Crippen molar-refractivity contribution < 1.29 is 13.9 Å². The van der Waals surface area contributed by atoms with Gasteiger partial charge in [-0.2, -0.15) is 0 Å². The molecule has 8 nitrogen and oxygen atoms in total. The molecule has 0 saturated heterocycles. The quantitative estimate of drug-likeness (QED) is 0.508. The van der Waals surface area contributed by atoms with Crippen molar-refractivity contribution in [2.24, 2.45) is 0 Å². The first-order valence-corrected chi connectivity index (χ1v) is 10.2. The van der Waals surface area contributed by atoms with Crippen LogP contribution in [0.25, 0.3) is 21.9 Å². The Hall–Kier alpha value is -3.20. The summed E-state index contributed by atoms with van der Waals surface area (Å²) >= 11 is 1.57. The Balaban J connectivity index is 1.62. The van der Waals surface area contributed by atoms with Gasteiger partial charge in [0.05, 0.1) is 25.4 Å². The van der Waals surface area contributed by atoms with Gasteiger partial charge < -0.3 is 19.0 Å². The molecule has 29 heavy (non-hydrogen) atoms. The van der Waals surface area contributed by atoms with E-state index in [0.717, 1.165) is 16.7 Å². The van der Waals surface area contributed by atoms with Crippen LogP contribution < -0.4 is 15.6 Å². The molecule has 0 bridgehead atoms. The normalized spacial score (nSPS) is 13.1. The molecule has 0 fully saturated rings. The topological polar surface area (TPSA) is 91.3 Å². The summed E-state index contributed by atoms with van der Waals surface area (Å²) in [5.74, 6) is 1.95. The second-order valence-corrected chi connectivity index (χ2v) is 7.78. The van der Waals surface area contributed by atoms with E-state index in [1.54, 1.807) is 46.4 Å². The van der Waals surface area contributed by atoms with Crippen LogP contribution in [-0.4, -0.2) is 32.9 Å². The fourth-order valence-corrected chi connectivity index (χ4v) is 4.58. The highest BCUT2D eigenvalue weighted by Gasteiger charge is 2.23. The van der Waals surface area contributed by atoms with Gasteiger partial charge in [0.2, 0.25) is 5.91 Å². The molecule has 1 aliphatic rings. The predicted molar refractivity (Wildman–Crippen MR) is 109 cm³/mol. The number of carbonyl (C=O) groups is 1. The van der Waals surface area contributed by atoms with Crippen LogP contribution >= 0.6 is 11.8 Å². The molecule has 0 unspecified atom stereocenters. The van der Waals surface area contributed by atoms with Crippen LogP contribution in [0.1, 0.15) is 5.76 Å². The van der Waals surface area contributed by atoms with Crippen molar-refractivity contribution in [1.82, 2.24) is 19.4 Å². The fraction of sp³-hybridized carbons (Fsp3) is 0.250. The van der Waals surface area contributed by atoms with E-state index in [4.69, 9.17) is 14.1 Å².